The van der Waals surface area contributed by atoms with Gasteiger partial charge in [-0.2, -0.15) is 0 Å². The Balaban J connectivity index is 1.80. The lowest BCUT2D eigenvalue weighted by Crippen LogP contribution is -2.36. The molecule has 1 amide bonds. The molecule has 25 heavy (non-hydrogen) atoms. The summed E-state index contributed by atoms with van der Waals surface area (Å²) in [6.07, 6.45) is 0. The smallest absolute Gasteiger partial charge is 0.221 e. The molecule has 0 bridgehead atoms. The van der Waals surface area contributed by atoms with Gasteiger partial charge in [-0.3, -0.25) is 14.6 Å². The first-order chi connectivity index (χ1) is 12.1. The molecule has 138 valence electrons. The van der Waals surface area contributed by atoms with E-state index in [4.69, 9.17) is 9.47 Å². The second-order valence-corrected chi connectivity index (χ2v) is 6.60. The number of anilines is 1. The highest BCUT2D eigenvalue weighted by atomic mass is 16.5. The van der Waals surface area contributed by atoms with Crippen LogP contribution in [0.5, 0.6) is 5.75 Å². The van der Waals surface area contributed by atoms with Crippen LogP contribution >= 0.6 is 0 Å². The Kier molecular flexibility index (Phi) is 6.25. The quantitative estimate of drug-likeness (QED) is 0.773. The largest absolute Gasteiger partial charge is 0.507 e. The lowest BCUT2D eigenvalue weighted by Gasteiger charge is -2.29. The van der Waals surface area contributed by atoms with Crippen LogP contribution in [-0.2, 0) is 27.4 Å². The highest BCUT2D eigenvalue weighted by Gasteiger charge is 2.19. The van der Waals surface area contributed by atoms with Gasteiger partial charge in [0, 0.05) is 63.0 Å². The molecule has 2 aliphatic heterocycles. The van der Waals surface area contributed by atoms with Crippen molar-refractivity contribution in [1.82, 2.24) is 9.80 Å². The number of phenols is 1. The van der Waals surface area contributed by atoms with Gasteiger partial charge < -0.3 is 19.9 Å². The highest BCUT2D eigenvalue weighted by molar-refractivity contribution is 5.89. The van der Waals surface area contributed by atoms with Crippen LogP contribution in [0, 0.1) is 0 Å². The van der Waals surface area contributed by atoms with Gasteiger partial charge in [-0.25, -0.2) is 0 Å². The zero-order valence-corrected chi connectivity index (χ0v) is 14.8. The first kappa shape index (κ1) is 18.1. The Morgan fingerprint density at radius 3 is 1.84 bits per heavy atom. The van der Waals surface area contributed by atoms with Crippen LogP contribution in [0.1, 0.15) is 18.1 Å². The van der Waals surface area contributed by atoms with Crippen LogP contribution in [0.15, 0.2) is 12.1 Å². The van der Waals surface area contributed by atoms with Gasteiger partial charge in [0.25, 0.3) is 0 Å². The number of ether oxygens (including phenoxy) is 2. The van der Waals surface area contributed by atoms with Crippen molar-refractivity contribution in [1.29, 1.82) is 0 Å². The summed E-state index contributed by atoms with van der Waals surface area (Å²) in [5.41, 5.74) is 2.42. The summed E-state index contributed by atoms with van der Waals surface area (Å²) in [6, 6.07) is 3.74. The summed E-state index contributed by atoms with van der Waals surface area (Å²) >= 11 is 0. The van der Waals surface area contributed by atoms with Crippen LogP contribution in [0.4, 0.5) is 5.69 Å². The number of nitrogens with one attached hydrogen (secondary N) is 1. The van der Waals surface area contributed by atoms with Gasteiger partial charge in [-0.15, -0.1) is 0 Å². The topological polar surface area (TPSA) is 74.3 Å². The molecule has 3 rings (SSSR count). The van der Waals surface area contributed by atoms with Crippen molar-refractivity contribution in [2.75, 3.05) is 57.9 Å². The van der Waals surface area contributed by atoms with Crippen LogP contribution in [0.3, 0.4) is 0 Å². The molecule has 1 aromatic rings. The number of hydrogen-bond acceptors (Lipinski definition) is 6. The average Bonchev–Trinajstić information content (AvgIpc) is 2.60. The number of carbonyl (C=O) groups is 1. The van der Waals surface area contributed by atoms with Crippen molar-refractivity contribution in [3.05, 3.63) is 23.3 Å². The molecular weight excluding hydrogens is 322 g/mol. The van der Waals surface area contributed by atoms with Crippen molar-refractivity contribution >= 4 is 11.6 Å². The summed E-state index contributed by atoms with van der Waals surface area (Å²) in [5, 5.41) is 13.6. The summed E-state index contributed by atoms with van der Waals surface area (Å²) in [6.45, 7) is 9.06. The predicted octanol–water partition coefficient (Wildman–Crippen LogP) is 1.01. The predicted molar refractivity (Wildman–Crippen MR) is 94.6 cm³/mol. The highest BCUT2D eigenvalue weighted by Crippen LogP contribution is 2.30. The molecule has 2 saturated heterocycles. The molecule has 0 atom stereocenters. The zero-order valence-electron chi connectivity index (χ0n) is 14.8. The molecule has 0 aliphatic carbocycles. The molecule has 1 aromatic carbocycles. The van der Waals surface area contributed by atoms with E-state index in [1.165, 1.54) is 6.92 Å². The molecule has 0 spiro atoms. The first-order valence-electron chi connectivity index (χ1n) is 8.84. The van der Waals surface area contributed by atoms with Gasteiger partial charge in [0.05, 0.1) is 26.4 Å². The third kappa shape index (κ3) is 5.15. The second kappa shape index (κ2) is 8.62. The molecular formula is C18H27N3O4. The summed E-state index contributed by atoms with van der Waals surface area (Å²) < 4.78 is 10.8. The minimum atomic E-state index is -0.111. The van der Waals surface area contributed by atoms with Crippen LogP contribution < -0.4 is 5.32 Å². The minimum absolute atomic E-state index is 0.111. The molecule has 2 aliphatic rings. The molecule has 2 N–H and O–H groups in total. The van der Waals surface area contributed by atoms with E-state index in [1.807, 2.05) is 12.1 Å². The fourth-order valence-electron chi connectivity index (χ4n) is 3.28. The van der Waals surface area contributed by atoms with Crippen molar-refractivity contribution in [3.63, 3.8) is 0 Å². The third-order valence-corrected chi connectivity index (χ3v) is 4.58. The van der Waals surface area contributed by atoms with Crippen LogP contribution in [0.25, 0.3) is 0 Å². The summed E-state index contributed by atoms with van der Waals surface area (Å²) in [7, 11) is 0. The maximum absolute atomic E-state index is 11.5. The third-order valence-electron chi connectivity index (χ3n) is 4.58. The molecule has 0 saturated carbocycles. The van der Waals surface area contributed by atoms with Gasteiger partial charge in [-0.1, -0.05) is 0 Å². The summed E-state index contributed by atoms with van der Waals surface area (Å²) in [5.74, 6) is 0.215. The molecule has 7 heteroatoms. The number of amides is 1. The monoisotopic (exact) mass is 349 g/mol. The number of rotatable bonds is 5. The van der Waals surface area contributed by atoms with E-state index >= 15 is 0 Å². The number of hydrogen-bond donors (Lipinski definition) is 2. The molecule has 2 heterocycles. The van der Waals surface area contributed by atoms with Gasteiger partial charge in [0.15, 0.2) is 0 Å². The van der Waals surface area contributed by atoms with Crippen molar-refractivity contribution in [2.24, 2.45) is 0 Å². The van der Waals surface area contributed by atoms with E-state index in [1.54, 1.807) is 0 Å². The molecule has 0 radical (unpaired) electrons. The number of phenolic OH excluding ortho intramolecular Hbond substituents is 1. The number of nitrogens with zero attached hydrogens (tertiary/aromatic N) is 2. The Morgan fingerprint density at radius 2 is 1.44 bits per heavy atom. The zero-order chi connectivity index (χ0) is 17.6. The second-order valence-electron chi connectivity index (χ2n) is 6.60. The van der Waals surface area contributed by atoms with Gasteiger partial charge in [0.1, 0.15) is 5.75 Å². The number of carbonyl (C=O) groups excluding carboxylic acids is 1. The Morgan fingerprint density at radius 1 is 1.00 bits per heavy atom. The molecule has 2 fully saturated rings. The number of morpholine rings is 2. The Labute approximate surface area is 148 Å². The normalized spacial score (nSPS) is 19.7. The lowest BCUT2D eigenvalue weighted by molar-refractivity contribution is -0.114. The van der Waals surface area contributed by atoms with E-state index < -0.39 is 0 Å². The number of aromatic hydroxyl groups is 1. The van der Waals surface area contributed by atoms with Crippen molar-refractivity contribution in [2.45, 2.75) is 20.0 Å². The first-order valence-corrected chi connectivity index (χ1v) is 8.84. The van der Waals surface area contributed by atoms with Crippen LogP contribution in [-0.4, -0.2) is 73.4 Å². The van der Waals surface area contributed by atoms with E-state index in [2.05, 4.69) is 15.1 Å². The Bertz CT molecular complexity index is 555. The maximum atomic E-state index is 11.5. The number of benzene rings is 1. The van der Waals surface area contributed by atoms with E-state index in [0.29, 0.717) is 45.3 Å². The molecule has 0 aromatic heterocycles. The van der Waals surface area contributed by atoms with Gasteiger partial charge in [0.2, 0.25) is 5.91 Å². The Hall–Kier alpha value is -1.67. The fourth-order valence-corrected chi connectivity index (χ4v) is 3.28. The SMILES string of the molecule is CC(=O)Nc1cc(CN2CCOCC2)c(O)c(CN2CCOCC2)c1. The molecule has 7 nitrogen and oxygen atoms in total. The summed E-state index contributed by atoms with van der Waals surface area (Å²) in [4.78, 5) is 16.0. The van der Waals surface area contributed by atoms with Gasteiger partial charge in [-0.05, 0) is 12.1 Å². The van der Waals surface area contributed by atoms with Crippen molar-refractivity contribution < 1.29 is 19.4 Å². The van der Waals surface area contributed by atoms with E-state index in [0.717, 1.165) is 43.0 Å². The van der Waals surface area contributed by atoms with Gasteiger partial charge >= 0.3 is 0 Å². The van der Waals surface area contributed by atoms with E-state index in [9.17, 15) is 9.90 Å². The fraction of sp³-hybridized carbons (Fsp3) is 0.611. The standard InChI is InChI=1S/C18H27N3O4/c1-14(22)19-17-10-15(12-20-2-6-24-7-3-20)18(23)16(11-17)13-21-4-8-25-9-5-21/h10-11,23H,2-9,12-13H2,1H3,(H,19,22). The minimum Gasteiger partial charge on any atom is -0.507 e. The maximum Gasteiger partial charge on any atom is 0.221 e. The molecule has 0 unspecified atom stereocenters. The lowest BCUT2D eigenvalue weighted by atomic mass is 10.1. The van der Waals surface area contributed by atoms with Crippen LogP contribution in [0.2, 0.25) is 0 Å². The van der Waals surface area contributed by atoms with E-state index in [-0.39, 0.29) is 5.91 Å². The van der Waals surface area contributed by atoms with Crippen molar-refractivity contribution in [3.8, 4) is 5.75 Å². The average molecular weight is 349 g/mol.